The number of tetrazole rings is 1. The first-order valence-electron chi connectivity index (χ1n) is 6.36. The Balaban J connectivity index is 1.92. The van der Waals surface area contributed by atoms with E-state index in [1.807, 2.05) is 42.5 Å². The maximum absolute atomic E-state index is 4.46. The van der Waals surface area contributed by atoms with Crippen molar-refractivity contribution in [2.24, 2.45) is 0 Å². The van der Waals surface area contributed by atoms with E-state index >= 15 is 0 Å². The van der Waals surface area contributed by atoms with Crippen molar-refractivity contribution in [2.45, 2.75) is 13.3 Å². The third-order valence-electron chi connectivity index (χ3n) is 3.07. The predicted molar refractivity (Wildman–Crippen MR) is 72.7 cm³/mol. The van der Waals surface area contributed by atoms with E-state index in [0.29, 0.717) is 5.82 Å². The lowest BCUT2D eigenvalue weighted by Crippen LogP contribution is -2.36. The van der Waals surface area contributed by atoms with Crippen LogP contribution in [0.4, 0.5) is 0 Å². The number of hydrogen-bond acceptors (Lipinski definition) is 2. The Bertz CT molecular complexity index is 656. The molecule has 1 heterocycles. The van der Waals surface area contributed by atoms with Crippen molar-refractivity contribution in [3.8, 4) is 17.1 Å². The fourth-order valence-electron chi connectivity index (χ4n) is 1.93. The molecule has 0 spiro atoms. The summed E-state index contributed by atoms with van der Waals surface area (Å²) in [5.41, 5.74) is 3.29. The number of hydrogen-bond donors (Lipinski definition) is 1. The molecule has 0 saturated carbocycles. The second kappa shape index (κ2) is 5.02. The van der Waals surface area contributed by atoms with Gasteiger partial charge in [-0.1, -0.05) is 37.3 Å². The highest BCUT2D eigenvalue weighted by Gasteiger charge is 2.14. The van der Waals surface area contributed by atoms with Crippen molar-refractivity contribution in [1.82, 2.24) is 15.4 Å². The van der Waals surface area contributed by atoms with Crippen LogP contribution in [0.2, 0.25) is 0 Å². The van der Waals surface area contributed by atoms with Crippen molar-refractivity contribution >= 4 is 0 Å². The summed E-state index contributed by atoms with van der Waals surface area (Å²) in [7, 11) is 0. The molecular weight excluding hydrogens is 236 g/mol. The normalized spacial score (nSPS) is 10.6. The number of benzene rings is 2. The topological polar surface area (TPSA) is 45.5 Å². The Morgan fingerprint density at radius 1 is 1.00 bits per heavy atom. The average molecular weight is 251 g/mol. The van der Waals surface area contributed by atoms with E-state index in [1.54, 1.807) is 4.80 Å². The maximum atomic E-state index is 4.46. The number of nitrogens with one attached hydrogen (secondary N) is 1. The van der Waals surface area contributed by atoms with Gasteiger partial charge in [0.25, 0.3) is 0 Å². The summed E-state index contributed by atoms with van der Waals surface area (Å²) in [5.74, 6) is 0.695. The molecule has 0 fully saturated rings. The van der Waals surface area contributed by atoms with Gasteiger partial charge in [0.1, 0.15) is 0 Å². The molecule has 0 aliphatic carbocycles. The van der Waals surface area contributed by atoms with E-state index in [1.165, 1.54) is 5.56 Å². The molecule has 2 aromatic carbocycles. The summed E-state index contributed by atoms with van der Waals surface area (Å²) in [6.45, 7) is 2.14. The zero-order valence-electron chi connectivity index (χ0n) is 10.7. The van der Waals surface area contributed by atoms with Crippen LogP contribution in [0.1, 0.15) is 12.5 Å². The molecule has 1 N–H and O–H groups in total. The van der Waals surface area contributed by atoms with Gasteiger partial charge in [-0.05, 0) is 51.4 Å². The lowest BCUT2D eigenvalue weighted by atomic mass is 10.2. The lowest BCUT2D eigenvalue weighted by Gasteiger charge is -1.95. The van der Waals surface area contributed by atoms with Crippen LogP contribution in [0.3, 0.4) is 0 Å². The van der Waals surface area contributed by atoms with E-state index in [2.05, 4.69) is 34.5 Å². The SMILES string of the molecule is CCc1ccc(-[n+]2nc(-c3ccccc3)n[nH]2)cc1. The molecule has 0 aliphatic heterocycles. The smallest absolute Gasteiger partial charge is 0.0622 e. The average Bonchev–Trinajstić information content (AvgIpc) is 2.98. The second-order valence-electron chi connectivity index (χ2n) is 4.33. The number of rotatable bonds is 3. The minimum Gasteiger partial charge on any atom is -0.0622 e. The monoisotopic (exact) mass is 251 g/mol. The first kappa shape index (κ1) is 11.6. The Morgan fingerprint density at radius 2 is 1.74 bits per heavy atom. The molecule has 0 saturated heterocycles. The second-order valence-corrected chi connectivity index (χ2v) is 4.33. The Hall–Kier alpha value is -2.49. The molecule has 0 aliphatic rings. The summed E-state index contributed by atoms with van der Waals surface area (Å²) < 4.78 is 0. The van der Waals surface area contributed by atoms with Crippen molar-refractivity contribution in [3.63, 3.8) is 0 Å². The van der Waals surface area contributed by atoms with E-state index in [-0.39, 0.29) is 0 Å². The molecule has 0 radical (unpaired) electrons. The molecule has 0 amide bonds. The summed E-state index contributed by atoms with van der Waals surface area (Å²) in [6.07, 6.45) is 1.04. The quantitative estimate of drug-likeness (QED) is 0.726. The van der Waals surface area contributed by atoms with Crippen molar-refractivity contribution < 1.29 is 4.80 Å². The van der Waals surface area contributed by atoms with Gasteiger partial charge < -0.3 is 0 Å². The Morgan fingerprint density at radius 3 is 2.42 bits per heavy atom. The van der Waals surface area contributed by atoms with Gasteiger partial charge in [0.15, 0.2) is 5.69 Å². The van der Waals surface area contributed by atoms with Crippen LogP contribution in [0.5, 0.6) is 0 Å². The van der Waals surface area contributed by atoms with Gasteiger partial charge in [0.2, 0.25) is 0 Å². The van der Waals surface area contributed by atoms with Gasteiger partial charge in [-0.15, -0.1) is 0 Å². The van der Waals surface area contributed by atoms with Crippen LogP contribution in [-0.2, 0) is 6.42 Å². The van der Waals surface area contributed by atoms with E-state index < -0.39 is 0 Å². The first-order valence-corrected chi connectivity index (χ1v) is 6.36. The minimum absolute atomic E-state index is 0.695. The number of aryl methyl sites for hydroxylation is 1. The van der Waals surface area contributed by atoms with Gasteiger partial charge >= 0.3 is 5.82 Å². The molecule has 0 unspecified atom stereocenters. The van der Waals surface area contributed by atoms with Crippen LogP contribution in [0, 0.1) is 0 Å². The molecule has 94 valence electrons. The zero-order chi connectivity index (χ0) is 13.1. The number of aromatic amines is 1. The summed E-state index contributed by atoms with van der Waals surface area (Å²) in [4.78, 5) is 1.68. The molecule has 3 rings (SSSR count). The standard InChI is InChI=1S/C15H14N4/c1-2-12-8-10-14(11-9-12)19-17-15(16-18-19)13-6-4-3-5-7-13/h3-11H,2H2,1H3/p+1. The van der Waals surface area contributed by atoms with E-state index in [0.717, 1.165) is 17.7 Å². The molecule has 0 bridgehead atoms. The third kappa shape index (κ3) is 2.38. The fourth-order valence-corrected chi connectivity index (χ4v) is 1.93. The Labute approximate surface area is 111 Å². The van der Waals surface area contributed by atoms with Gasteiger partial charge in [0, 0.05) is 0 Å². The Kier molecular flexibility index (Phi) is 3.06. The molecule has 3 aromatic rings. The highest BCUT2D eigenvalue weighted by Crippen LogP contribution is 2.11. The zero-order valence-corrected chi connectivity index (χ0v) is 10.7. The number of aromatic nitrogens is 4. The fraction of sp³-hybridized carbons (Fsp3) is 0.133. The molecular formula is C15H15N4+. The summed E-state index contributed by atoms with van der Waals surface area (Å²) in [6, 6.07) is 18.2. The molecule has 4 nitrogen and oxygen atoms in total. The highest BCUT2D eigenvalue weighted by atomic mass is 15.6. The van der Waals surface area contributed by atoms with Crippen molar-refractivity contribution in [2.75, 3.05) is 0 Å². The van der Waals surface area contributed by atoms with E-state index in [4.69, 9.17) is 0 Å². The largest absolute Gasteiger partial charge is 0.339 e. The first-order chi connectivity index (χ1) is 9.36. The maximum Gasteiger partial charge on any atom is 0.339 e. The third-order valence-corrected chi connectivity index (χ3v) is 3.07. The predicted octanol–water partition coefficient (Wildman–Crippen LogP) is 2.31. The van der Waals surface area contributed by atoms with Gasteiger partial charge in [-0.3, -0.25) is 0 Å². The number of nitrogens with zero attached hydrogens (tertiary/aromatic N) is 3. The van der Waals surface area contributed by atoms with Gasteiger partial charge in [0.05, 0.1) is 10.7 Å². The van der Waals surface area contributed by atoms with Crippen LogP contribution in [0.15, 0.2) is 54.6 Å². The van der Waals surface area contributed by atoms with Crippen molar-refractivity contribution in [3.05, 3.63) is 60.2 Å². The minimum atomic E-state index is 0.695. The molecule has 19 heavy (non-hydrogen) atoms. The van der Waals surface area contributed by atoms with Crippen LogP contribution >= 0.6 is 0 Å². The van der Waals surface area contributed by atoms with Gasteiger partial charge in [-0.2, -0.15) is 0 Å². The molecule has 0 atom stereocenters. The molecule has 4 heteroatoms. The number of H-pyrrole nitrogens is 1. The van der Waals surface area contributed by atoms with Crippen molar-refractivity contribution in [1.29, 1.82) is 0 Å². The van der Waals surface area contributed by atoms with Crippen LogP contribution in [-0.4, -0.2) is 15.4 Å². The lowest BCUT2D eigenvalue weighted by molar-refractivity contribution is -0.716. The molecule has 1 aromatic heterocycles. The summed E-state index contributed by atoms with van der Waals surface area (Å²) >= 11 is 0. The highest BCUT2D eigenvalue weighted by molar-refractivity contribution is 5.52. The van der Waals surface area contributed by atoms with E-state index in [9.17, 15) is 0 Å². The van der Waals surface area contributed by atoms with Gasteiger partial charge in [-0.25, -0.2) is 0 Å². The van der Waals surface area contributed by atoms with Crippen LogP contribution < -0.4 is 4.80 Å². The summed E-state index contributed by atoms with van der Waals surface area (Å²) in [5, 5.41) is 11.6. The van der Waals surface area contributed by atoms with Crippen LogP contribution in [0.25, 0.3) is 17.1 Å².